The molecule has 0 radical (unpaired) electrons. The maximum absolute atomic E-state index is 13.6. The van der Waals surface area contributed by atoms with Crippen molar-refractivity contribution in [1.29, 1.82) is 0 Å². The van der Waals surface area contributed by atoms with Gasteiger partial charge in [0.05, 0.1) is 17.4 Å². The van der Waals surface area contributed by atoms with Crippen molar-refractivity contribution in [1.82, 2.24) is 4.98 Å². The van der Waals surface area contributed by atoms with Gasteiger partial charge in [-0.2, -0.15) is 0 Å². The van der Waals surface area contributed by atoms with Gasteiger partial charge in [0, 0.05) is 13.1 Å². The van der Waals surface area contributed by atoms with Gasteiger partial charge in [0.15, 0.2) is 0 Å². The highest BCUT2D eigenvalue weighted by molar-refractivity contribution is 6.04. The maximum atomic E-state index is 13.6. The summed E-state index contributed by atoms with van der Waals surface area (Å²) in [5, 5.41) is 2.67. The molecule has 4 nitrogen and oxygen atoms in total. The van der Waals surface area contributed by atoms with Crippen LogP contribution in [-0.2, 0) is 0 Å². The highest BCUT2D eigenvalue weighted by Crippen LogP contribution is 2.16. The number of hydrogen-bond acceptors (Lipinski definition) is 3. The molecule has 0 aliphatic carbocycles. The highest BCUT2D eigenvalue weighted by Gasteiger charge is 2.11. The first-order valence-corrected chi connectivity index (χ1v) is 7.92. The Hall–Kier alpha value is -2.43. The van der Waals surface area contributed by atoms with Crippen molar-refractivity contribution in [3.05, 3.63) is 54.0 Å². The van der Waals surface area contributed by atoms with E-state index in [2.05, 4.69) is 29.0 Å². The molecule has 0 saturated carbocycles. The van der Waals surface area contributed by atoms with Crippen LogP contribution in [0.4, 0.5) is 15.9 Å². The Kier molecular flexibility index (Phi) is 6.09. The smallest absolute Gasteiger partial charge is 0.258 e. The van der Waals surface area contributed by atoms with Crippen molar-refractivity contribution in [3.8, 4) is 0 Å². The number of carbonyl (C=O) groups excluding carboxylic acids is 1. The van der Waals surface area contributed by atoms with Gasteiger partial charge in [0.2, 0.25) is 0 Å². The molecular formula is C18H22FN3O. The van der Waals surface area contributed by atoms with Gasteiger partial charge >= 0.3 is 0 Å². The first-order valence-electron chi connectivity index (χ1n) is 7.92. The zero-order valence-electron chi connectivity index (χ0n) is 13.6. The van der Waals surface area contributed by atoms with E-state index in [9.17, 15) is 9.18 Å². The van der Waals surface area contributed by atoms with Gasteiger partial charge in [0.25, 0.3) is 5.91 Å². The molecule has 1 aromatic carbocycles. The molecule has 0 saturated heterocycles. The van der Waals surface area contributed by atoms with Crippen molar-refractivity contribution in [2.45, 2.75) is 26.7 Å². The molecular weight excluding hydrogens is 293 g/mol. The number of benzene rings is 1. The second-order valence-corrected chi connectivity index (χ2v) is 5.33. The van der Waals surface area contributed by atoms with E-state index in [0.717, 1.165) is 31.7 Å². The standard InChI is InChI=1S/C18H22FN3O/c1-3-11-22(12-4-2)17-10-9-14(13-20-17)21-18(23)15-7-5-6-8-16(15)19/h5-10,13H,3-4,11-12H2,1-2H3,(H,21,23). The molecule has 0 aliphatic heterocycles. The lowest BCUT2D eigenvalue weighted by Gasteiger charge is -2.22. The second-order valence-electron chi connectivity index (χ2n) is 5.33. The number of aromatic nitrogens is 1. The molecule has 0 aliphatic rings. The maximum Gasteiger partial charge on any atom is 0.258 e. The molecule has 1 heterocycles. The molecule has 2 rings (SSSR count). The summed E-state index contributed by atoms with van der Waals surface area (Å²) < 4.78 is 13.6. The lowest BCUT2D eigenvalue weighted by Crippen LogP contribution is -2.25. The number of halogens is 1. The third-order valence-corrected chi connectivity index (χ3v) is 3.44. The van der Waals surface area contributed by atoms with Crippen LogP contribution in [0, 0.1) is 5.82 Å². The van der Waals surface area contributed by atoms with Gasteiger partial charge in [-0.3, -0.25) is 4.79 Å². The first kappa shape index (κ1) is 16.9. The first-order chi connectivity index (χ1) is 11.2. The Labute approximate surface area is 136 Å². The van der Waals surface area contributed by atoms with E-state index in [1.807, 2.05) is 6.07 Å². The lowest BCUT2D eigenvalue weighted by atomic mass is 10.2. The fourth-order valence-corrected chi connectivity index (χ4v) is 2.37. The molecule has 122 valence electrons. The Morgan fingerprint density at radius 2 is 1.83 bits per heavy atom. The van der Waals surface area contributed by atoms with Crippen LogP contribution in [0.2, 0.25) is 0 Å². The summed E-state index contributed by atoms with van der Waals surface area (Å²) in [6.07, 6.45) is 3.70. The molecule has 2 aromatic rings. The summed E-state index contributed by atoms with van der Waals surface area (Å²) in [4.78, 5) is 18.7. The average Bonchev–Trinajstić information content (AvgIpc) is 2.56. The zero-order chi connectivity index (χ0) is 16.7. The van der Waals surface area contributed by atoms with Crippen molar-refractivity contribution in [2.75, 3.05) is 23.3 Å². The molecule has 0 spiro atoms. The minimum atomic E-state index is -0.536. The van der Waals surface area contributed by atoms with Gasteiger partial charge in [0.1, 0.15) is 11.6 Å². The van der Waals surface area contributed by atoms with Crippen LogP contribution < -0.4 is 10.2 Å². The topological polar surface area (TPSA) is 45.2 Å². The lowest BCUT2D eigenvalue weighted by molar-refractivity contribution is 0.102. The Bertz CT molecular complexity index is 637. The van der Waals surface area contributed by atoms with E-state index in [1.165, 1.54) is 12.1 Å². The average molecular weight is 315 g/mol. The monoisotopic (exact) mass is 315 g/mol. The molecule has 0 fully saturated rings. The minimum Gasteiger partial charge on any atom is -0.357 e. The van der Waals surface area contributed by atoms with Crippen molar-refractivity contribution in [2.24, 2.45) is 0 Å². The predicted molar refractivity (Wildman–Crippen MR) is 91.4 cm³/mol. The molecule has 0 atom stereocenters. The third kappa shape index (κ3) is 4.52. The van der Waals surface area contributed by atoms with Gasteiger partial charge in [-0.1, -0.05) is 26.0 Å². The van der Waals surface area contributed by atoms with Crippen LogP contribution in [0.15, 0.2) is 42.6 Å². The molecule has 1 aromatic heterocycles. The molecule has 5 heteroatoms. The Morgan fingerprint density at radius 3 is 2.39 bits per heavy atom. The zero-order valence-corrected chi connectivity index (χ0v) is 13.6. The van der Waals surface area contributed by atoms with Crippen LogP contribution in [0.5, 0.6) is 0 Å². The summed E-state index contributed by atoms with van der Waals surface area (Å²) in [6.45, 7) is 6.15. The number of nitrogens with zero attached hydrogens (tertiary/aromatic N) is 2. The van der Waals surface area contributed by atoms with Crippen LogP contribution in [0.3, 0.4) is 0 Å². The van der Waals surface area contributed by atoms with E-state index in [0.29, 0.717) is 5.69 Å². The number of pyridine rings is 1. The van der Waals surface area contributed by atoms with Crippen LogP contribution in [0.1, 0.15) is 37.0 Å². The van der Waals surface area contributed by atoms with E-state index >= 15 is 0 Å². The summed E-state index contributed by atoms with van der Waals surface area (Å²) in [5.41, 5.74) is 0.574. The summed E-state index contributed by atoms with van der Waals surface area (Å²) in [5.74, 6) is -0.124. The Balaban J connectivity index is 2.07. The molecule has 1 N–H and O–H groups in total. The molecule has 0 bridgehead atoms. The van der Waals surface area contributed by atoms with Crippen molar-refractivity contribution in [3.63, 3.8) is 0 Å². The van der Waals surface area contributed by atoms with E-state index in [1.54, 1.807) is 24.4 Å². The van der Waals surface area contributed by atoms with Gasteiger partial charge < -0.3 is 10.2 Å². The van der Waals surface area contributed by atoms with Crippen molar-refractivity contribution >= 4 is 17.4 Å². The Morgan fingerprint density at radius 1 is 1.13 bits per heavy atom. The normalized spacial score (nSPS) is 10.4. The summed E-state index contributed by atoms with van der Waals surface area (Å²) in [6, 6.07) is 9.58. The molecule has 1 amide bonds. The number of hydrogen-bond donors (Lipinski definition) is 1. The van der Waals surface area contributed by atoms with E-state index in [-0.39, 0.29) is 5.56 Å². The number of anilines is 2. The van der Waals surface area contributed by atoms with Crippen LogP contribution in [0.25, 0.3) is 0 Å². The fourth-order valence-electron chi connectivity index (χ4n) is 2.37. The summed E-state index contributed by atoms with van der Waals surface area (Å²) in [7, 11) is 0. The van der Waals surface area contributed by atoms with Gasteiger partial charge in [-0.25, -0.2) is 9.37 Å². The number of rotatable bonds is 7. The molecule has 23 heavy (non-hydrogen) atoms. The number of carbonyl (C=O) groups is 1. The number of nitrogens with one attached hydrogen (secondary N) is 1. The van der Waals surface area contributed by atoms with Gasteiger partial charge in [-0.05, 0) is 37.1 Å². The fraction of sp³-hybridized carbons (Fsp3) is 0.333. The number of amides is 1. The largest absolute Gasteiger partial charge is 0.357 e. The van der Waals surface area contributed by atoms with Crippen molar-refractivity contribution < 1.29 is 9.18 Å². The van der Waals surface area contributed by atoms with Crippen LogP contribution in [-0.4, -0.2) is 24.0 Å². The highest BCUT2D eigenvalue weighted by atomic mass is 19.1. The predicted octanol–water partition coefficient (Wildman–Crippen LogP) is 4.10. The van der Waals surface area contributed by atoms with E-state index in [4.69, 9.17) is 0 Å². The van der Waals surface area contributed by atoms with E-state index < -0.39 is 11.7 Å². The third-order valence-electron chi connectivity index (χ3n) is 3.44. The SMILES string of the molecule is CCCN(CCC)c1ccc(NC(=O)c2ccccc2F)cn1. The summed E-state index contributed by atoms with van der Waals surface area (Å²) >= 11 is 0. The van der Waals surface area contributed by atoms with Gasteiger partial charge in [-0.15, -0.1) is 0 Å². The quantitative estimate of drug-likeness (QED) is 0.836. The molecule has 0 unspecified atom stereocenters. The second kappa shape index (κ2) is 8.27. The van der Waals surface area contributed by atoms with Crippen LogP contribution >= 0.6 is 0 Å². The minimum absolute atomic E-state index is 0.0233.